The molecule has 1 saturated heterocycles. The number of ether oxygens (including phenoxy) is 2. The van der Waals surface area contributed by atoms with Gasteiger partial charge in [0.15, 0.2) is 0 Å². The minimum atomic E-state index is -3.48. The molecule has 1 fully saturated rings. The number of nitrogens with one attached hydrogen (secondary N) is 1. The summed E-state index contributed by atoms with van der Waals surface area (Å²) in [7, 11) is -3.48. The maximum atomic E-state index is 12.7. The first-order valence-electron chi connectivity index (χ1n) is 10.6. The molecule has 0 amide bonds. The zero-order valence-corrected chi connectivity index (χ0v) is 18.5. The second-order valence-electron chi connectivity index (χ2n) is 7.58. The van der Waals surface area contributed by atoms with E-state index in [1.54, 1.807) is 24.3 Å². The Morgan fingerprint density at radius 2 is 1.71 bits per heavy atom. The van der Waals surface area contributed by atoms with Gasteiger partial charge in [-0.3, -0.25) is 0 Å². The van der Waals surface area contributed by atoms with Crippen LogP contribution in [0.25, 0.3) is 10.8 Å². The lowest BCUT2D eigenvalue weighted by atomic mass is 10.00. The van der Waals surface area contributed by atoms with Gasteiger partial charge >= 0.3 is 0 Å². The van der Waals surface area contributed by atoms with Gasteiger partial charge in [0.1, 0.15) is 12.4 Å². The predicted molar refractivity (Wildman–Crippen MR) is 122 cm³/mol. The molecule has 3 aromatic rings. The minimum absolute atomic E-state index is 0.191. The standard InChI is InChI=1S/C24H28N2O4S/c1-19(23-8-4-6-20-5-2-3-7-24(20)23)25-13-16-30-21-9-11-22(12-10-21)31(27,28)26-14-17-29-18-15-26/h2-12,19,25H,13-18H2,1H3. The number of nitrogens with zero attached hydrogens (tertiary/aromatic N) is 1. The third-order valence-corrected chi connectivity index (χ3v) is 7.46. The van der Waals surface area contributed by atoms with Crippen LogP contribution < -0.4 is 10.1 Å². The monoisotopic (exact) mass is 440 g/mol. The number of benzene rings is 3. The van der Waals surface area contributed by atoms with E-state index in [0.717, 1.165) is 0 Å². The fourth-order valence-corrected chi connectivity index (χ4v) is 5.23. The molecule has 3 aromatic carbocycles. The Labute approximate surface area is 183 Å². The summed E-state index contributed by atoms with van der Waals surface area (Å²) in [6, 6.07) is 21.5. The molecular weight excluding hydrogens is 412 g/mol. The highest BCUT2D eigenvalue weighted by atomic mass is 32.2. The van der Waals surface area contributed by atoms with Gasteiger partial charge in [0.05, 0.1) is 18.1 Å². The van der Waals surface area contributed by atoms with Gasteiger partial charge in [-0.05, 0) is 47.5 Å². The molecular formula is C24H28N2O4S. The summed E-state index contributed by atoms with van der Waals surface area (Å²) in [6.07, 6.45) is 0. The van der Waals surface area contributed by atoms with E-state index < -0.39 is 10.0 Å². The molecule has 1 aliphatic rings. The van der Waals surface area contributed by atoms with E-state index in [-0.39, 0.29) is 10.9 Å². The number of sulfonamides is 1. The van der Waals surface area contributed by atoms with Gasteiger partial charge in [-0.2, -0.15) is 4.31 Å². The van der Waals surface area contributed by atoms with Crippen molar-refractivity contribution in [2.75, 3.05) is 39.5 Å². The van der Waals surface area contributed by atoms with Crippen LogP contribution in [0.1, 0.15) is 18.5 Å². The number of rotatable bonds is 8. The zero-order valence-electron chi connectivity index (χ0n) is 17.7. The van der Waals surface area contributed by atoms with Crippen LogP contribution in [0.3, 0.4) is 0 Å². The average molecular weight is 441 g/mol. The molecule has 1 aliphatic heterocycles. The molecule has 0 aliphatic carbocycles. The molecule has 0 saturated carbocycles. The fourth-order valence-electron chi connectivity index (χ4n) is 3.83. The highest BCUT2D eigenvalue weighted by molar-refractivity contribution is 7.89. The van der Waals surface area contributed by atoms with Crippen LogP contribution in [-0.2, 0) is 14.8 Å². The summed E-state index contributed by atoms with van der Waals surface area (Å²) in [6.45, 7) is 4.97. The van der Waals surface area contributed by atoms with Gasteiger partial charge < -0.3 is 14.8 Å². The van der Waals surface area contributed by atoms with Gasteiger partial charge in [0, 0.05) is 25.7 Å². The second-order valence-corrected chi connectivity index (χ2v) is 9.52. The molecule has 1 atom stereocenters. The summed E-state index contributed by atoms with van der Waals surface area (Å²) in [5.74, 6) is 0.653. The summed E-state index contributed by atoms with van der Waals surface area (Å²) >= 11 is 0. The highest BCUT2D eigenvalue weighted by Crippen LogP contribution is 2.24. The maximum Gasteiger partial charge on any atom is 0.243 e. The highest BCUT2D eigenvalue weighted by Gasteiger charge is 2.26. The Bertz CT molecular complexity index is 1100. The first-order chi connectivity index (χ1) is 15.1. The molecule has 0 spiro atoms. The van der Waals surface area contributed by atoms with Crippen molar-refractivity contribution in [1.29, 1.82) is 0 Å². The number of hydrogen-bond acceptors (Lipinski definition) is 5. The summed E-state index contributed by atoms with van der Waals surface area (Å²) in [4.78, 5) is 0.282. The molecule has 1 unspecified atom stereocenters. The van der Waals surface area contributed by atoms with E-state index in [9.17, 15) is 8.42 Å². The maximum absolute atomic E-state index is 12.7. The quantitative estimate of drug-likeness (QED) is 0.542. The predicted octanol–water partition coefficient (Wildman–Crippen LogP) is 3.59. The van der Waals surface area contributed by atoms with Gasteiger partial charge in [-0.1, -0.05) is 42.5 Å². The second kappa shape index (κ2) is 9.78. The molecule has 1 N–H and O–H groups in total. The Hall–Kier alpha value is -2.45. The van der Waals surface area contributed by atoms with Crippen molar-refractivity contribution in [2.24, 2.45) is 0 Å². The lowest BCUT2D eigenvalue weighted by Crippen LogP contribution is -2.40. The first-order valence-corrected chi connectivity index (χ1v) is 12.0. The first kappa shape index (κ1) is 21.8. The van der Waals surface area contributed by atoms with Gasteiger partial charge in [-0.25, -0.2) is 8.42 Å². The van der Waals surface area contributed by atoms with Crippen molar-refractivity contribution in [2.45, 2.75) is 17.9 Å². The SMILES string of the molecule is CC(NCCOc1ccc(S(=O)(=O)N2CCOCC2)cc1)c1cccc2ccccc12. The largest absolute Gasteiger partial charge is 0.492 e. The third kappa shape index (κ3) is 5.07. The van der Waals surface area contributed by atoms with Crippen LogP contribution >= 0.6 is 0 Å². The lowest BCUT2D eigenvalue weighted by Gasteiger charge is -2.26. The van der Waals surface area contributed by atoms with E-state index >= 15 is 0 Å². The number of fused-ring (bicyclic) bond motifs is 1. The molecule has 0 aromatic heterocycles. The van der Waals surface area contributed by atoms with Crippen molar-refractivity contribution >= 4 is 20.8 Å². The van der Waals surface area contributed by atoms with Gasteiger partial charge in [0.2, 0.25) is 10.0 Å². The Morgan fingerprint density at radius 1 is 1.00 bits per heavy atom. The molecule has 0 radical (unpaired) electrons. The molecule has 4 rings (SSSR count). The van der Waals surface area contributed by atoms with Crippen LogP contribution in [0.2, 0.25) is 0 Å². The molecule has 7 heteroatoms. The van der Waals surface area contributed by atoms with Crippen LogP contribution in [-0.4, -0.2) is 52.2 Å². The van der Waals surface area contributed by atoms with Crippen molar-refractivity contribution in [3.05, 3.63) is 72.3 Å². The minimum Gasteiger partial charge on any atom is -0.492 e. The van der Waals surface area contributed by atoms with Crippen LogP contribution in [0.15, 0.2) is 71.6 Å². The van der Waals surface area contributed by atoms with E-state index in [4.69, 9.17) is 9.47 Å². The number of morpholine rings is 1. The molecule has 164 valence electrons. The van der Waals surface area contributed by atoms with Crippen LogP contribution in [0.4, 0.5) is 0 Å². The summed E-state index contributed by atoms with van der Waals surface area (Å²) in [5, 5.41) is 5.99. The number of hydrogen-bond donors (Lipinski definition) is 1. The lowest BCUT2D eigenvalue weighted by molar-refractivity contribution is 0.0730. The molecule has 6 nitrogen and oxygen atoms in total. The topological polar surface area (TPSA) is 67.9 Å². The smallest absolute Gasteiger partial charge is 0.243 e. The summed E-state index contributed by atoms with van der Waals surface area (Å²) in [5.41, 5.74) is 1.26. The van der Waals surface area contributed by atoms with E-state index in [1.807, 2.05) is 0 Å². The van der Waals surface area contributed by atoms with Crippen LogP contribution in [0.5, 0.6) is 5.75 Å². The van der Waals surface area contributed by atoms with Crippen LogP contribution in [0, 0.1) is 0 Å². The Morgan fingerprint density at radius 3 is 2.48 bits per heavy atom. The van der Waals surface area contributed by atoms with Crippen molar-refractivity contribution in [1.82, 2.24) is 9.62 Å². The summed E-state index contributed by atoms with van der Waals surface area (Å²) < 4.78 is 37.9. The normalized spacial score (nSPS) is 16.3. The molecule has 31 heavy (non-hydrogen) atoms. The van der Waals surface area contributed by atoms with E-state index in [1.165, 1.54) is 20.6 Å². The molecule has 0 bridgehead atoms. The Balaban J connectivity index is 1.30. The van der Waals surface area contributed by atoms with E-state index in [2.05, 4.69) is 54.7 Å². The fraction of sp³-hybridized carbons (Fsp3) is 0.333. The van der Waals surface area contributed by atoms with Crippen molar-refractivity contribution < 1.29 is 17.9 Å². The van der Waals surface area contributed by atoms with Gasteiger partial charge in [0.25, 0.3) is 0 Å². The third-order valence-electron chi connectivity index (χ3n) is 5.54. The van der Waals surface area contributed by atoms with Crippen molar-refractivity contribution in [3.8, 4) is 5.75 Å². The Kier molecular flexibility index (Phi) is 6.87. The van der Waals surface area contributed by atoms with E-state index in [0.29, 0.717) is 45.2 Å². The average Bonchev–Trinajstić information content (AvgIpc) is 2.82. The van der Waals surface area contributed by atoms with Crippen molar-refractivity contribution in [3.63, 3.8) is 0 Å². The zero-order chi connectivity index (χ0) is 21.7. The van der Waals surface area contributed by atoms with Gasteiger partial charge in [-0.15, -0.1) is 0 Å². The molecule has 1 heterocycles.